The predicted molar refractivity (Wildman–Crippen MR) is 150 cm³/mol. The van der Waals surface area contributed by atoms with Gasteiger partial charge in [0, 0.05) is 34.5 Å². The summed E-state index contributed by atoms with van der Waals surface area (Å²) in [6.07, 6.45) is 3.62. The van der Waals surface area contributed by atoms with Crippen molar-refractivity contribution < 1.29 is 28.6 Å². The average Bonchev–Trinajstić information content (AvgIpc) is 3.54. The summed E-state index contributed by atoms with van der Waals surface area (Å²) in [5.74, 6) is -2.59. The van der Waals surface area contributed by atoms with E-state index in [0.29, 0.717) is 16.5 Å². The number of nitrogens with zero attached hydrogens (tertiary/aromatic N) is 2. The second kappa shape index (κ2) is 10.7. The van der Waals surface area contributed by atoms with E-state index in [9.17, 15) is 18.4 Å². The van der Waals surface area contributed by atoms with Crippen LogP contribution in [0.15, 0.2) is 97.3 Å². The molecule has 2 N–H and O–H groups in total. The molecule has 40 heavy (non-hydrogen) atoms. The summed E-state index contributed by atoms with van der Waals surface area (Å²) in [6.45, 7) is 1.77. The van der Waals surface area contributed by atoms with Crippen molar-refractivity contribution >= 4 is 45.3 Å². The molecule has 0 aliphatic rings. The van der Waals surface area contributed by atoms with E-state index in [2.05, 4.69) is 0 Å². The molecule has 0 spiro atoms. The lowest BCUT2D eigenvalue weighted by molar-refractivity contribution is 0.0686. The summed E-state index contributed by atoms with van der Waals surface area (Å²) in [5.41, 5.74) is 4.35. The van der Waals surface area contributed by atoms with E-state index in [0.717, 1.165) is 27.8 Å². The van der Waals surface area contributed by atoms with E-state index in [4.69, 9.17) is 21.8 Å². The molecule has 9 heteroatoms. The Hall–Kier alpha value is -4.95. The van der Waals surface area contributed by atoms with Crippen molar-refractivity contribution in [2.45, 2.75) is 6.92 Å². The lowest BCUT2D eigenvalue weighted by atomic mass is 10.1. The first kappa shape index (κ1) is 26.6. The molecular formula is C31H21ClF2N2O4. The first-order chi connectivity index (χ1) is 19.1. The van der Waals surface area contributed by atoms with Gasteiger partial charge >= 0.3 is 11.9 Å². The van der Waals surface area contributed by atoms with Crippen LogP contribution in [0.25, 0.3) is 33.2 Å². The monoisotopic (exact) mass is 558 g/mol. The Morgan fingerprint density at radius 2 is 1.20 bits per heavy atom. The average molecular weight is 559 g/mol. The number of hydrogen-bond acceptors (Lipinski definition) is 2. The lowest BCUT2D eigenvalue weighted by Gasteiger charge is -2.07. The molecule has 0 atom stereocenters. The topological polar surface area (TPSA) is 84.5 Å². The maximum absolute atomic E-state index is 13.0. The molecule has 0 aliphatic heterocycles. The van der Waals surface area contributed by atoms with Crippen LogP contribution in [0.1, 0.15) is 26.3 Å². The van der Waals surface area contributed by atoms with Crippen LogP contribution in [0.3, 0.4) is 0 Å². The van der Waals surface area contributed by atoms with E-state index in [1.165, 1.54) is 30.3 Å². The fourth-order valence-electron chi connectivity index (χ4n) is 4.52. The maximum atomic E-state index is 13.0. The van der Waals surface area contributed by atoms with Crippen molar-refractivity contribution in [2.75, 3.05) is 0 Å². The van der Waals surface area contributed by atoms with Gasteiger partial charge in [0.05, 0.1) is 27.2 Å². The number of aromatic nitrogens is 2. The number of aromatic carboxylic acids is 2. The molecule has 4 aromatic carbocycles. The Morgan fingerprint density at radius 1 is 0.675 bits per heavy atom. The Bertz CT molecular complexity index is 1830. The molecule has 6 aromatic rings. The minimum Gasteiger partial charge on any atom is -0.478 e. The Labute approximate surface area is 231 Å². The fourth-order valence-corrected chi connectivity index (χ4v) is 4.82. The number of benzene rings is 4. The van der Waals surface area contributed by atoms with Crippen LogP contribution in [0.4, 0.5) is 8.78 Å². The van der Waals surface area contributed by atoms with Gasteiger partial charge in [0.1, 0.15) is 11.6 Å². The number of hydrogen-bond donors (Lipinski definition) is 2. The third-order valence-electron chi connectivity index (χ3n) is 6.51. The highest BCUT2D eigenvalue weighted by Gasteiger charge is 2.14. The van der Waals surface area contributed by atoms with Gasteiger partial charge in [-0.25, -0.2) is 18.4 Å². The van der Waals surface area contributed by atoms with E-state index in [1.807, 2.05) is 27.5 Å². The van der Waals surface area contributed by atoms with E-state index in [1.54, 1.807) is 55.6 Å². The van der Waals surface area contributed by atoms with Crippen LogP contribution < -0.4 is 0 Å². The van der Waals surface area contributed by atoms with Crippen molar-refractivity contribution in [2.24, 2.45) is 0 Å². The van der Waals surface area contributed by atoms with Crippen LogP contribution in [-0.2, 0) is 0 Å². The molecule has 2 heterocycles. The molecule has 0 fully saturated rings. The van der Waals surface area contributed by atoms with Gasteiger partial charge in [-0.1, -0.05) is 11.6 Å². The summed E-state index contributed by atoms with van der Waals surface area (Å²) in [4.78, 5) is 22.2. The molecule has 0 saturated carbocycles. The van der Waals surface area contributed by atoms with Gasteiger partial charge in [-0.2, -0.15) is 0 Å². The normalized spacial score (nSPS) is 10.9. The zero-order valence-corrected chi connectivity index (χ0v) is 21.7. The van der Waals surface area contributed by atoms with E-state index >= 15 is 0 Å². The molecular weight excluding hydrogens is 538 g/mol. The first-order valence-electron chi connectivity index (χ1n) is 12.0. The summed E-state index contributed by atoms with van der Waals surface area (Å²) in [6, 6.07) is 22.5. The first-order valence-corrected chi connectivity index (χ1v) is 12.4. The molecule has 0 saturated heterocycles. The summed E-state index contributed by atoms with van der Waals surface area (Å²) in [7, 11) is 0. The molecule has 0 unspecified atom stereocenters. The Balaban J connectivity index is 0.000000161. The van der Waals surface area contributed by atoms with Crippen LogP contribution in [0.5, 0.6) is 0 Å². The molecule has 0 bridgehead atoms. The zero-order chi connectivity index (χ0) is 28.6. The maximum Gasteiger partial charge on any atom is 0.337 e. The highest BCUT2D eigenvalue weighted by atomic mass is 35.5. The van der Waals surface area contributed by atoms with Gasteiger partial charge < -0.3 is 19.3 Å². The Kier molecular flexibility index (Phi) is 7.11. The lowest BCUT2D eigenvalue weighted by Crippen LogP contribution is -2.00. The molecule has 2 aromatic heterocycles. The van der Waals surface area contributed by atoms with Crippen molar-refractivity contribution in [3.05, 3.63) is 131 Å². The van der Waals surface area contributed by atoms with Crippen molar-refractivity contribution in [3.63, 3.8) is 0 Å². The van der Waals surface area contributed by atoms with Crippen LogP contribution in [0.2, 0.25) is 5.02 Å². The number of halogens is 3. The van der Waals surface area contributed by atoms with Gasteiger partial charge in [-0.3, -0.25) is 0 Å². The number of carboxylic acid groups (broad SMARTS) is 2. The molecule has 6 rings (SSSR count). The third kappa shape index (κ3) is 5.04. The van der Waals surface area contributed by atoms with Crippen LogP contribution in [0, 0.1) is 18.6 Å². The number of fused-ring (bicyclic) bond motifs is 2. The van der Waals surface area contributed by atoms with Gasteiger partial charge in [0.15, 0.2) is 0 Å². The largest absolute Gasteiger partial charge is 0.478 e. The minimum absolute atomic E-state index is 0.0658. The highest BCUT2D eigenvalue weighted by Crippen LogP contribution is 2.30. The van der Waals surface area contributed by atoms with Crippen LogP contribution in [-0.4, -0.2) is 31.3 Å². The fraction of sp³-hybridized carbons (Fsp3) is 0.0323. The second-order valence-corrected chi connectivity index (χ2v) is 9.40. The molecule has 0 radical (unpaired) electrons. The Morgan fingerprint density at radius 3 is 1.75 bits per heavy atom. The van der Waals surface area contributed by atoms with Gasteiger partial charge in [0.25, 0.3) is 0 Å². The quantitative estimate of drug-likeness (QED) is 0.230. The second-order valence-electron chi connectivity index (χ2n) is 9.02. The number of carbonyl (C=O) groups is 2. The number of carboxylic acids is 2. The van der Waals surface area contributed by atoms with Crippen molar-refractivity contribution in [1.29, 1.82) is 0 Å². The van der Waals surface area contributed by atoms with Crippen LogP contribution >= 0.6 is 11.6 Å². The van der Waals surface area contributed by atoms with Crippen molar-refractivity contribution in [3.8, 4) is 11.4 Å². The van der Waals surface area contributed by atoms with E-state index in [-0.39, 0.29) is 22.2 Å². The molecule has 0 amide bonds. The number of aryl methyl sites for hydroxylation is 1. The summed E-state index contributed by atoms with van der Waals surface area (Å²) >= 11 is 6.11. The summed E-state index contributed by atoms with van der Waals surface area (Å²) < 4.78 is 29.7. The minimum atomic E-state index is -1.06. The predicted octanol–water partition coefficient (Wildman–Crippen LogP) is 7.90. The zero-order valence-electron chi connectivity index (χ0n) is 21.0. The molecule has 200 valence electrons. The smallest absolute Gasteiger partial charge is 0.337 e. The standard InChI is InChI=1S/C16H12FNO2.C15H9ClFNO2/c1-10-8-15-11(9-14(10)16(19)20)6-7-18(15)13-4-2-12(17)3-5-13;16-14-11-7-8-18(10-3-1-9(17)2-4-10)13(11)6-5-12(14)15(19)20/h2-9H,1H3,(H,19,20);1-8H,(H,19,20). The third-order valence-corrected chi connectivity index (χ3v) is 6.92. The van der Waals surface area contributed by atoms with Gasteiger partial charge in [-0.05, 0) is 97.4 Å². The molecule has 0 aliphatic carbocycles. The molecule has 6 nitrogen and oxygen atoms in total. The summed E-state index contributed by atoms with van der Waals surface area (Å²) in [5, 5.41) is 19.9. The van der Waals surface area contributed by atoms with E-state index < -0.39 is 11.9 Å². The highest BCUT2D eigenvalue weighted by molar-refractivity contribution is 6.38. The number of rotatable bonds is 4. The van der Waals surface area contributed by atoms with Crippen molar-refractivity contribution in [1.82, 2.24) is 9.13 Å². The van der Waals surface area contributed by atoms with Gasteiger partial charge in [-0.15, -0.1) is 0 Å². The SMILES string of the molecule is Cc1cc2c(ccn2-c2ccc(F)cc2)cc1C(=O)O.O=C(O)c1ccc2c(ccn2-c2ccc(F)cc2)c1Cl. The van der Waals surface area contributed by atoms with Gasteiger partial charge in [0.2, 0.25) is 0 Å².